The fourth-order valence-corrected chi connectivity index (χ4v) is 2.66. The third kappa shape index (κ3) is 13.9. The molecule has 98 valence electrons. The van der Waals surface area contributed by atoms with E-state index in [0.29, 0.717) is 19.4 Å². The molecule has 0 aliphatic heterocycles. The first-order valence-corrected chi connectivity index (χ1v) is 7.68. The van der Waals surface area contributed by atoms with E-state index in [2.05, 4.69) is 0 Å². The molecule has 0 rings (SSSR count). The van der Waals surface area contributed by atoms with Crippen molar-refractivity contribution in [2.24, 2.45) is 11.5 Å². The molecule has 0 aromatic heterocycles. The van der Waals surface area contributed by atoms with E-state index in [0.717, 1.165) is 25.7 Å². The number of unbranched alkanes of at least 4 members (excludes halogenated alkanes) is 3. The van der Waals surface area contributed by atoms with Crippen LogP contribution in [0.25, 0.3) is 0 Å². The summed E-state index contributed by atoms with van der Waals surface area (Å²) >= 11 is 0. The fourth-order valence-electron chi connectivity index (χ4n) is 1.33. The molecule has 17 heavy (non-hydrogen) atoms. The van der Waals surface area contributed by atoms with E-state index in [1.54, 1.807) is 0 Å². The molecular formula is C10H24KN2O3P. The maximum absolute atomic E-state index is 11.4. The summed E-state index contributed by atoms with van der Waals surface area (Å²) in [5.41, 5.74) is 10.9. The summed E-state index contributed by atoms with van der Waals surface area (Å²) in [5.74, 6) is 0. The molecule has 2 unspecified atom stereocenters. The normalized spacial score (nSPS) is 16.0. The molecule has 0 saturated heterocycles. The van der Waals surface area contributed by atoms with Gasteiger partial charge in [-0.25, -0.2) is 0 Å². The molecule has 0 bridgehead atoms. The molecule has 0 aliphatic carbocycles. The number of hydrogen-bond acceptors (Lipinski definition) is 5. The van der Waals surface area contributed by atoms with Crippen molar-refractivity contribution in [2.75, 3.05) is 12.7 Å². The second-order valence-electron chi connectivity index (χ2n) is 3.97. The predicted octanol–water partition coefficient (Wildman–Crippen LogP) is -1.84. The zero-order valence-corrected chi connectivity index (χ0v) is 15.1. The van der Waals surface area contributed by atoms with E-state index in [1.165, 1.54) is 0 Å². The number of nitrogens with two attached hydrogens (primary N) is 2. The zero-order chi connectivity index (χ0) is 12.4. The molecule has 0 radical (unpaired) electrons. The number of hydrogen-bond donors (Lipinski definition) is 2. The summed E-state index contributed by atoms with van der Waals surface area (Å²) in [7, 11) is -3.72. The van der Waals surface area contributed by atoms with Crippen molar-refractivity contribution in [3.63, 3.8) is 0 Å². The maximum Gasteiger partial charge on any atom is 1.00 e. The van der Waals surface area contributed by atoms with Gasteiger partial charge in [0.1, 0.15) is 13.8 Å². The molecule has 0 aliphatic rings. The van der Waals surface area contributed by atoms with E-state index >= 15 is 0 Å². The van der Waals surface area contributed by atoms with E-state index in [9.17, 15) is 9.46 Å². The van der Waals surface area contributed by atoms with Gasteiger partial charge in [0.05, 0.1) is 0 Å². The SMILES string of the molecule is CCCCP(=O)([O-])OC(N)CCCCCN.[K+]. The summed E-state index contributed by atoms with van der Waals surface area (Å²) in [4.78, 5) is 11.4. The molecule has 0 saturated carbocycles. The van der Waals surface area contributed by atoms with E-state index in [1.807, 2.05) is 6.92 Å². The third-order valence-electron chi connectivity index (χ3n) is 2.27. The molecule has 0 amide bonds. The van der Waals surface area contributed by atoms with Crippen LogP contribution in [0.3, 0.4) is 0 Å². The maximum atomic E-state index is 11.4. The van der Waals surface area contributed by atoms with Gasteiger partial charge in [0.2, 0.25) is 0 Å². The van der Waals surface area contributed by atoms with Crippen LogP contribution in [0.2, 0.25) is 0 Å². The van der Waals surface area contributed by atoms with Gasteiger partial charge in [0.25, 0.3) is 0 Å². The predicted molar refractivity (Wildman–Crippen MR) is 64.0 cm³/mol. The van der Waals surface area contributed by atoms with Crippen molar-refractivity contribution in [3.8, 4) is 0 Å². The van der Waals surface area contributed by atoms with Gasteiger partial charge in [-0.05, 0) is 32.2 Å². The summed E-state index contributed by atoms with van der Waals surface area (Å²) in [6.07, 6.45) is 4.17. The molecule has 0 spiro atoms. The Labute approximate surface area is 147 Å². The Morgan fingerprint density at radius 3 is 2.47 bits per heavy atom. The first-order chi connectivity index (χ1) is 7.52. The van der Waals surface area contributed by atoms with Gasteiger partial charge >= 0.3 is 51.4 Å². The van der Waals surface area contributed by atoms with Crippen LogP contribution in [-0.2, 0) is 9.09 Å². The topological polar surface area (TPSA) is 101 Å². The zero-order valence-electron chi connectivity index (χ0n) is 11.1. The summed E-state index contributed by atoms with van der Waals surface area (Å²) in [5, 5.41) is 0. The minimum Gasteiger partial charge on any atom is -0.778 e. The molecule has 0 fully saturated rings. The van der Waals surface area contributed by atoms with E-state index in [-0.39, 0.29) is 57.5 Å². The second kappa shape index (κ2) is 12.7. The average molecular weight is 290 g/mol. The molecule has 0 aromatic rings. The van der Waals surface area contributed by atoms with Gasteiger partial charge in [-0.15, -0.1) is 0 Å². The van der Waals surface area contributed by atoms with Gasteiger partial charge in [-0.2, -0.15) is 0 Å². The monoisotopic (exact) mass is 290 g/mol. The quantitative estimate of drug-likeness (QED) is 0.213. The van der Waals surface area contributed by atoms with Crippen LogP contribution >= 0.6 is 7.60 Å². The Kier molecular flexibility index (Phi) is 15.7. The van der Waals surface area contributed by atoms with Crippen LogP contribution in [0.1, 0.15) is 45.4 Å². The fraction of sp³-hybridized carbons (Fsp3) is 1.00. The van der Waals surface area contributed by atoms with Gasteiger partial charge < -0.3 is 25.4 Å². The van der Waals surface area contributed by atoms with Gasteiger partial charge in [-0.3, -0.25) is 0 Å². The van der Waals surface area contributed by atoms with Crippen LogP contribution < -0.4 is 67.7 Å². The van der Waals surface area contributed by atoms with Crippen molar-refractivity contribution in [1.82, 2.24) is 0 Å². The van der Waals surface area contributed by atoms with Crippen LogP contribution in [0.4, 0.5) is 0 Å². The minimum atomic E-state index is -3.72. The van der Waals surface area contributed by atoms with Crippen molar-refractivity contribution in [3.05, 3.63) is 0 Å². The van der Waals surface area contributed by atoms with E-state index in [4.69, 9.17) is 16.0 Å². The number of rotatable bonds is 10. The molecular weight excluding hydrogens is 266 g/mol. The molecule has 0 heterocycles. The van der Waals surface area contributed by atoms with Gasteiger partial charge in [0.15, 0.2) is 0 Å². The van der Waals surface area contributed by atoms with E-state index < -0.39 is 13.8 Å². The standard InChI is InChI=1S/C10H25N2O3P.K/c1-2-3-9-16(13,14)15-10(12)7-5-4-6-8-11;/h10H,2-9,11-12H2,1H3,(H,13,14);/q;+1/p-1. The molecule has 0 aromatic carbocycles. The minimum absolute atomic E-state index is 0. The molecule has 7 heteroatoms. The van der Waals surface area contributed by atoms with Crippen LogP contribution in [0.15, 0.2) is 0 Å². The summed E-state index contributed by atoms with van der Waals surface area (Å²) < 4.78 is 16.3. The van der Waals surface area contributed by atoms with Crippen molar-refractivity contribution < 1.29 is 65.4 Å². The largest absolute Gasteiger partial charge is 1.00 e. The molecule has 2 atom stereocenters. The van der Waals surface area contributed by atoms with Crippen molar-refractivity contribution >= 4 is 7.60 Å². The Morgan fingerprint density at radius 1 is 1.29 bits per heavy atom. The van der Waals surface area contributed by atoms with Crippen molar-refractivity contribution in [2.45, 2.75) is 51.7 Å². The second-order valence-corrected chi connectivity index (χ2v) is 5.85. The first-order valence-electron chi connectivity index (χ1n) is 5.96. The molecule has 5 nitrogen and oxygen atoms in total. The average Bonchev–Trinajstić information content (AvgIpc) is 2.21. The summed E-state index contributed by atoms with van der Waals surface area (Å²) in [6.45, 7) is 2.60. The van der Waals surface area contributed by atoms with Gasteiger partial charge in [0, 0.05) is 6.16 Å². The Balaban J connectivity index is 0. The molecule has 4 N–H and O–H groups in total. The van der Waals surface area contributed by atoms with Crippen LogP contribution in [-0.4, -0.2) is 18.9 Å². The Hall–Kier alpha value is 1.71. The van der Waals surface area contributed by atoms with Crippen molar-refractivity contribution in [1.29, 1.82) is 0 Å². The summed E-state index contributed by atoms with van der Waals surface area (Å²) in [6, 6.07) is 0. The van der Waals surface area contributed by atoms with Crippen LogP contribution in [0, 0.1) is 0 Å². The first kappa shape index (κ1) is 21.0. The Morgan fingerprint density at radius 2 is 1.94 bits per heavy atom. The Bertz CT molecular complexity index is 220. The smallest absolute Gasteiger partial charge is 0.778 e. The van der Waals surface area contributed by atoms with Gasteiger partial charge in [-0.1, -0.05) is 19.8 Å². The van der Waals surface area contributed by atoms with Crippen LogP contribution in [0.5, 0.6) is 0 Å². The third-order valence-corrected chi connectivity index (χ3v) is 3.73.